The number of likely N-dealkylation sites (tertiary alicyclic amines) is 1. The fourth-order valence-electron chi connectivity index (χ4n) is 2.99. The van der Waals surface area contributed by atoms with Crippen LogP contribution in [0.5, 0.6) is 0 Å². The van der Waals surface area contributed by atoms with E-state index < -0.39 is 17.6 Å². The molecule has 0 unspecified atom stereocenters. The summed E-state index contributed by atoms with van der Waals surface area (Å²) in [4.78, 5) is 25.5. The van der Waals surface area contributed by atoms with Crippen molar-refractivity contribution in [2.24, 2.45) is 0 Å². The topological polar surface area (TPSA) is 70.1 Å². The van der Waals surface area contributed by atoms with Crippen molar-refractivity contribution < 1.29 is 19.4 Å². The Morgan fingerprint density at radius 1 is 1.27 bits per heavy atom. The van der Waals surface area contributed by atoms with Gasteiger partial charge >= 0.3 is 12.1 Å². The van der Waals surface area contributed by atoms with E-state index in [0.29, 0.717) is 32.4 Å². The lowest BCUT2D eigenvalue weighted by Crippen LogP contribution is -2.50. The molecule has 26 heavy (non-hydrogen) atoms. The fraction of sp³-hybridized carbons (Fsp3) is 0.579. The number of ether oxygens (including phenoxy) is 1. The summed E-state index contributed by atoms with van der Waals surface area (Å²) in [5.74, 6) is -0.946. The van der Waals surface area contributed by atoms with Gasteiger partial charge in [0.2, 0.25) is 0 Å². The summed E-state index contributed by atoms with van der Waals surface area (Å²) in [5, 5.41) is 9.59. The quantitative estimate of drug-likeness (QED) is 0.789. The molecular weight excluding hydrogens is 356 g/mol. The van der Waals surface area contributed by atoms with E-state index >= 15 is 0 Å². The molecule has 7 heteroatoms. The molecule has 2 rings (SSSR count). The minimum Gasteiger partial charge on any atom is -0.480 e. The van der Waals surface area contributed by atoms with Crippen molar-refractivity contribution in [3.63, 3.8) is 0 Å². The van der Waals surface area contributed by atoms with Gasteiger partial charge in [-0.05, 0) is 57.4 Å². The number of carbonyl (C=O) groups excluding carboxylic acids is 1. The molecule has 1 N–H and O–H groups in total. The van der Waals surface area contributed by atoms with Crippen LogP contribution < -0.4 is 0 Å². The Hall–Kier alpha value is -1.79. The van der Waals surface area contributed by atoms with Crippen LogP contribution in [0.15, 0.2) is 30.3 Å². The Balaban J connectivity index is 1.94. The van der Waals surface area contributed by atoms with E-state index in [1.54, 1.807) is 4.90 Å². The lowest BCUT2D eigenvalue weighted by atomic mass is 10.0. The second kappa shape index (κ2) is 8.73. The van der Waals surface area contributed by atoms with Gasteiger partial charge in [-0.1, -0.05) is 30.3 Å². The van der Waals surface area contributed by atoms with Crippen molar-refractivity contribution in [1.82, 2.24) is 9.32 Å². The molecule has 0 aliphatic carbocycles. The summed E-state index contributed by atoms with van der Waals surface area (Å²) >= 11 is 6.42. The number of carboxylic acids is 1. The largest absolute Gasteiger partial charge is 0.480 e. The molecule has 0 saturated carbocycles. The van der Waals surface area contributed by atoms with Gasteiger partial charge < -0.3 is 14.7 Å². The first-order valence-electron chi connectivity index (χ1n) is 8.86. The number of hydrogen-bond acceptors (Lipinski definition) is 4. The van der Waals surface area contributed by atoms with Gasteiger partial charge in [-0.3, -0.25) is 4.79 Å². The Bertz CT molecular complexity index is 610. The Kier molecular flexibility index (Phi) is 6.89. The molecule has 0 aromatic heterocycles. The van der Waals surface area contributed by atoms with E-state index in [-0.39, 0.29) is 12.1 Å². The zero-order valence-corrected chi connectivity index (χ0v) is 16.3. The number of aliphatic carboxylic acids is 1. The van der Waals surface area contributed by atoms with Crippen LogP contribution in [-0.4, -0.2) is 57.3 Å². The second-order valence-corrected chi connectivity index (χ2v) is 7.98. The maximum atomic E-state index is 12.1. The molecule has 0 radical (unpaired) electrons. The molecule has 1 aromatic rings. The lowest BCUT2D eigenvalue weighted by Gasteiger charge is -2.37. The van der Waals surface area contributed by atoms with Crippen LogP contribution >= 0.6 is 11.8 Å². The van der Waals surface area contributed by atoms with Crippen LogP contribution in [0.25, 0.3) is 0 Å². The van der Waals surface area contributed by atoms with Crippen LogP contribution in [0, 0.1) is 0 Å². The zero-order chi connectivity index (χ0) is 19.3. The Morgan fingerprint density at radius 2 is 1.85 bits per heavy atom. The molecule has 6 nitrogen and oxygen atoms in total. The highest BCUT2D eigenvalue weighted by Crippen LogP contribution is 2.24. The van der Waals surface area contributed by atoms with Crippen molar-refractivity contribution in [2.45, 2.75) is 57.7 Å². The molecular formula is C19H27ClN2O4. The van der Waals surface area contributed by atoms with Crippen LogP contribution in [0.1, 0.15) is 39.2 Å². The molecule has 144 valence electrons. The maximum Gasteiger partial charge on any atom is 0.410 e. The molecule has 1 amide bonds. The summed E-state index contributed by atoms with van der Waals surface area (Å²) in [6.45, 7) is 6.50. The van der Waals surface area contributed by atoms with Gasteiger partial charge in [0.15, 0.2) is 0 Å². The Labute approximate surface area is 159 Å². The fourth-order valence-corrected chi connectivity index (χ4v) is 3.34. The number of carbonyl (C=O) groups is 2. The number of amides is 1. The number of carboxylic acid groups (broad SMARTS) is 1. The third-order valence-corrected chi connectivity index (χ3v) is 4.83. The zero-order valence-electron chi connectivity index (χ0n) is 15.5. The van der Waals surface area contributed by atoms with Crippen LogP contribution in [-0.2, 0) is 16.0 Å². The minimum atomic E-state index is -0.946. The summed E-state index contributed by atoms with van der Waals surface area (Å²) in [5.41, 5.74) is 0.396. The number of benzene rings is 1. The molecule has 1 atom stereocenters. The van der Waals surface area contributed by atoms with E-state index in [1.165, 1.54) is 4.42 Å². The predicted molar refractivity (Wildman–Crippen MR) is 100 cm³/mol. The molecule has 1 aliphatic heterocycles. The van der Waals surface area contributed by atoms with Gasteiger partial charge in [0.1, 0.15) is 11.6 Å². The predicted octanol–water partition coefficient (Wildman–Crippen LogP) is 3.54. The van der Waals surface area contributed by atoms with Crippen molar-refractivity contribution in [3.8, 4) is 0 Å². The normalized spacial score (nSPS) is 17.2. The summed E-state index contributed by atoms with van der Waals surface area (Å²) in [7, 11) is 0. The number of halogens is 1. The third-order valence-electron chi connectivity index (χ3n) is 4.32. The monoisotopic (exact) mass is 382 g/mol. The molecule has 1 fully saturated rings. The summed E-state index contributed by atoms with van der Waals surface area (Å²) in [6.07, 6.45) is 1.23. The smallest absolute Gasteiger partial charge is 0.410 e. The van der Waals surface area contributed by atoms with Crippen molar-refractivity contribution >= 4 is 23.8 Å². The van der Waals surface area contributed by atoms with Gasteiger partial charge in [0.05, 0.1) is 0 Å². The average Bonchev–Trinajstić information content (AvgIpc) is 2.58. The molecule has 0 spiro atoms. The van der Waals surface area contributed by atoms with Crippen LogP contribution in [0.3, 0.4) is 0 Å². The molecule has 1 aromatic carbocycles. The first-order valence-corrected chi connectivity index (χ1v) is 9.20. The van der Waals surface area contributed by atoms with E-state index in [1.807, 2.05) is 51.1 Å². The van der Waals surface area contributed by atoms with Gasteiger partial charge in [-0.15, -0.1) is 0 Å². The van der Waals surface area contributed by atoms with Crippen LogP contribution in [0.2, 0.25) is 0 Å². The maximum absolute atomic E-state index is 12.1. The van der Waals surface area contributed by atoms with Gasteiger partial charge in [-0.25, -0.2) is 9.21 Å². The Morgan fingerprint density at radius 3 is 2.35 bits per heavy atom. The number of nitrogens with zero attached hydrogens (tertiary/aromatic N) is 2. The molecule has 1 aliphatic rings. The summed E-state index contributed by atoms with van der Waals surface area (Å²) < 4.78 is 6.80. The highest BCUT2D eigenvalue weighted by Gasteiger charge is 2.34. The van der Waals surface area contributed by atoms with Crippen LogP contribution in [0.4, 0.5) is 4.79 Å². The van der Waals surface area contributed by atoms with E-state index in [9.17, 15) is 14.7 Å². The highest BCUT2D eigenvalue weighted by molar-refractivity contribution is 6.15. The molecule has 1 saturated heterocycles. The standard InChI is InChI=1S/C19H27ClN2O4/c1-19(2,3)26-18(25)21-11-9-15(10-12-21)22(20)16(17(23)24)13-14-7-5-4-6-8-14/h4-8,15-16H,9-13H2,1-3H3,(H,23,24)/t16-/m1/s1. The highest BCUT2D eigenvalue weighted by atomic mass is 35.5. The molecule has 1 heterocycles. The average molecular weight is 383 g/mol. The number of hydrogen-bond donors (Lipinski definition) is 1. The second-order valence-electron chi connectivity index (χ2n) is 7.59. The first-order chi connectivity index (χ1) is 12.2. The minimum absolute atomic E-state index is 0.0971. The van der Waals surface area contributed by atoms with Crippen molar-refractivity contribution in [1.29, 1.82) is 0 Å². The van der Waals surface area contributed by atoms with E-state index in [0.717, 1.165) is 5.56 Å². The first kappa shape index (κ1) is 20.5. The van der Waals surface area contributed by atoms with Gasteiger partial charge in [-0.2, -0.15) is 0 Å². The van der Waals surface area contributed by atoms with Gasteiger partial charge in [0.25, 0.3) is 0 Å². The number of piperidine rings is 1. The number of rotatable bonds is 5. The lowest BCUT2D eigenvalue weighted by molar-refractivity contribution is -0.142. The molecule has 0 bridgehead atoms. The van der Waals surface area contributed by atoms with Gasteiger partial charge in [0, 0.05) is 19.1 Å². The summed E-state index contributed by atoms with van der Waals surface area (Å²) in [6, 6.07) is 8.54. The van der Waals surface area contributed by atoms with Crippen molar-refractivity contribution in [2.75, 3.05) is 13.1 Å². The third kappa shape index (κ3) is 5.88. The SMILES string of the molecule is CC(C)(C)OC(=O)N1CCC(N(Cl)[C@H](Cc2ccccc2)C(=O)O)CC1. The van der Waals surface area contributed by atoms with Crippen molar-refractivity contribution in [3.05, 3.63) is 35.9 Å². The van der Waals surface area contributed by atoms with E-state index in [2.05, 4.69) is 0 Å². The van der Waals surface area contributed by atoms with E-state index in [4.69, 9.17) is 16.5 Å².